The number of carbonyl (C=O) groups excluding carboxylic acids is 3. The monoisotopic (exact) mass is 645 g/mol. The number of ketones is 1. The highest BCUT2D eigenvalue weighted by Crippen LogP contribution is 2.17. The van der Waals surface area contributed by atoms with E-state index < -0.39 is 0 Å². The van der Waals surface area contributed by atoms with Gasteiger partial charge in [-0.05, 0) is 106 Å². The Hall–Kier alpha value is -4.72. The van der Waals surface area contributed by atoms with Crippen molar-refractivity contribution < 1.29 is 33.3 Å². The maximum Gasteiger partial charge on any atom is 0.330 e. The van der Waals surface area contributed by atoms with Gasteiger partial charge in [0.15, 0.2) is 5.78 Å². The molecule has 3 aromatic carbocycles. The number of aryl methyl sites for hydroxylation is 1. The summed E-state index contributed by atoms with van der Waals surface area (Å²) in [7, 11) is 1.61. The van der Waals surface area contributed by atoms with Gasteiger partial charge in [0.2, 0.25) is 0 Å². The fourth-order valence-electron chi connectivity index (χ4n) is 4.03. The quantitative estimate of drug-likeness (QED) is 0.0346. The van der Waals surface area contributed by atoms with Crippen molar-refractivity contribution in [2.45, 2.75) is 72.1 Å². The molecule has 0 radical (unpaired) electrons. The Bertz CT molecular complexity index is 1330. The Morgan fingerprint density at radius 3 is 1.91 bits per heavy atom. The van der Waals surface area contributed by atoms with Crippen molar-refractivity contribution in [2.75, 3.05) is 26.9 Å². The average Bonchev–Trinajstić information content (AvgIpc) is 3.10. The number of ether oxygens (including phenoxy) is 4. The molecular weight excluding hydrogens is 594 g/mol. The molecule has 47 heavy (non-hydrogen) atoms. The van der Waals surface area contributed by atoms with E-state index in [1.54, 1.807) is 19.2 Å². The van der Waals surface area contributed by atoms with E-state index in [4.69, 9.17) is 24.4 Å². The van der Waals surface area contributed by atoms with E-state index in [0.29, 0.717) is 25.2 Å². The maximum absolute atomic E-state index is 11.7. The molecule has 0 unspecified atom stereocenters. The summed E-state index contributed by atoms with van der Waals surface area (Å²) < 4.78 is 21.0. The van der Waals surface area contributed by atoms with Gasteiger partial charge in [0, 0.05) is 35.4 Å². The van der Waals surface area contributed by atoms with Gasteiger partial charge in [-0.15, -0.1) is 0 Å². The van der Waals surface area contributed by atoms with Crippen molar-refractivity contribution in [3.63, 3.8) is 0 Å². The molecule has 3 rings (SSSR count). The van der Waals surface area contributed by atoms with E-state index >= 15 is 0 Å². The normalized spacial score (nSPS) is 9.79. The zero-order valence-corrected chi connectivity index (χ0v) is 28.4. The van der Waals surface area contributed by atoms with Crippen molar-refractivity contribution in [1.82, 2.24) is 0 Å². The van der Waals surface area contributed by atoms with Crippen LogP contribution in [0.15, 0.2) is 79.4 Å². The van der Waals surface area contributed by atoms with Gasteiger partial charge in [-0.1, -0.05) is 38.5 Å². The van der Waals surface area contributed by atoms with Crippen LogP contribution in [0, 0.1) is 12.3 Å². The van der Waals surface area contributed by atoms with Crippen LogP contribution in [0.4, 0.5) is 0 Å². The largest absolute Gasteiger partial charge is 0.496 e. The van der Waals surface area contributed by atoms with Crippen LogP contribution in [0.1, 0.15) is 97.1 Å². The molecule has 0 aliphatic heterocycles. The molecule has 0 aliphatic rings. The number of carbonyl (C=O) groups is 3. The molecule has 254 valence electrons. The van der Waals surface area contributed by atoms with Crippen LogP contribution in [0.3, 0.4) is 0 Å². The highest BCUT2D eigenvalue weighted by Gasteiger charge is 2.04. The Labute approximate surface area is 280 Å². The molecule has 1 N–H and O–H groups in total. The molecule has 8 heteroatoms. The number of nitrogens with one attached hydrogen (secondary N) is 1. The van der Waals surface area contributed by atoms with Crippen molar-refractivity contribution in [2.24, 2.45) is 0 Å². The summed E-state index contributed by atoms with van der Waals surface area (Å²) in [5.74, 6) is 2.19. The minimum atomic E-state index is -0.366. The Morgan fingerprint density at radius 1 is 0.787 bits per heavy atom. The lowest BCUT2D eigenvalue weighted by Crippen LogP contribution is -2.02. The molecule has 8 nitrogen and oxygen atoms in total. The lowest BCUT2D eigenvalue weighted by atomic mass is 10.1. The Balaban J connectivity index is 0.000000387. The van der Waals surface area contributed by atoms with Crippen LogP contribution in [-0.2, 0) is 9.53 Å². The maximum atomic E-state index is 11.7. The summed E-state index contributed by atoms with van der Waals surface area (Å²) >= 11 is 0. The summed E-state index contributed by atoms with van der Waals surface area (Å²) in [5.41, 5.74) is 3.40. The van der Waals surface area contributed by atoms with Crippen LogP contribution < -0.4 is 14.2 Å². The Kier molecular flexibility index (Phi) is 21.8. The number of aldehydes is 1. The zero-order valence-electron chi connectivity index (χ0n) is 28.4. The van der Waals surface area contributed by atoms with Crippen LogP contribution in [0.25, 0.3) is 0 Å². The summed E-state index contributed by atoms with van der Waals surface area (Å²) in [6, 6.07) is 20.2. The lowest BCUT2D eigenvalue weighted by molar-refractivity contribution is -0.137. The number of benzene rings is 3. The standard InChI is InChI=1S/C19H26O4.C11H14O2.C9H11NO/c1-3-9-18(20)16-10-12-17(13-11-16)22-14-7-5-6-8-15-23-19(21)4-2;1-2-3-8-13-11-6-4-10(9-12)5-7-11;1-7-3-4-9(11-2)8(5-7)6-10/h4,10-13H,2-3,5-9,14-15H2,1H3;4-7,9H,2-3,8H2,1H3;3-6,10H,1-2H3. The smallest absolute Gasteiger partial charge is 0.330 e. The number of unbranched alkanes of at least 4 members (excludes halogenated alkanes) is 4. The number of hydrogen-bond acceptors (Lipinski definition) is 8. The highest BCUT2D eigenvalue weighted by atomic mass is 16.5. The van der Waals surface area contributed by atoms with Crippen LogP contribution in [-0.4, -0.2) is 51.2 Å². The second kappa shape index (κ2) is 25.5. The average molecular weight is 646 g/mol. The SMILES string of the molecule is C=CC(=O)OCCCCCCOc1ccc(C(=O)CCC)cc1.CCCCOc1ccc(C=O)cc1.COc1ccc(C)cc1C=N. The molecule has 0 amide bonds. The van der Waals surface area contributed by atoms with Crippen molar-refractivity contribution in [1.29, 1.82) is 5.41 Å². The third-order valence-corrected chi connectivity index (χ3v) is 6.70. The second-order valence-corrected chi connectivity index (χ2v) is 10.6. The first-order valence-electron chi connectivity index (χ1n) is 16.2. The van der Waals surface area contributed by atoms with Crippen LogP contribution in [0.2, 0.25) is 0 Å². The Morgan fingerprint density at radius 2 is 1.38 bits per heavy atom. The molecule has 0 spiro atoms. The first kappa shape index (κ1) is 40.3. The summed E-state index contributed by atoms with van der Waals surface area (Å²) in [6.07, 6.45) is 10.8. The van der Waals surface area contributed by atoms with E-state index in [2.05, 4.69) is 13.5 Å². The second-order valence-electron chi connectivity index (χ2n) is 10.6. The molecule has 0 saturated carbocycles. The lowest BCUT2D eigenvalue weighted by Gasteiger charge is -2.07. The number of Topliss-reactive ketones (excluding diaryl/α,β-unsaturated/α-hetero) is 1. The highest BCUT2D eigenvalue weighted by molar-refractivity contribution is 5.96. The van der Waals surface area contributed by atoms with Gasteiger partial charge < -0.3 is 24.4 Å². The molecular formula is C39H51NO7. The third-order valence-electron chi connectivity index (χ3n) is 6.70. The molecule has 0 aliphatic carbocycles. The fraction of sp³-hybridized carbons (Fsp3) is 0.385. The van der Waals surface area contributed by atoms with Crippen molar-refractivity contribution >= 4 is 24.3 Å². The first-order valence-corrected chi connectivity index (χ1v) is 16.2. The summed E-state index contributed by atoms with van der Waals surface area (Å²) in [5, 5.41) is 7.08. The molecule has 3 aromatic rings. The van der Waals surface area contributed by atoms with E-state index in [1.165, 1.54) is 12.3 Å². The summed E-state index contributed by atoms with van der Waals surface area (Å²) in [4.78, 5) is 32.9. The molecule has 0 atom stereocenters. The molecule has 0 aromatic heterocycles. The van der Waals surface area contributed by atoms with E-state index in [-0.39, 0.29) is 11.8 Å². The topological polar surface area (TPSA) is 112 Å². The van der Waals surface area contributed by atoms with Crippen LogP contribution >= 0.6 is 0 Å². The third kappa shape index (κ3) is 18.1. The predicted molar refractivity (Wildman–Crippen MR) is 189 cm³/mol. The number of rotatable bonds is 19. The van der Waals surface area contributed by atoms with Gasteiger partial charge >= 0.3 is 5.97 Å². The van der Waals surface area contributed by atoms with Crippen molar-refractivity contribution in [3.8, 4) is 17.2 Å². The van der Waals surface area contributed by atoms with E-state index in [0.717, 1.165) is 91.8 Å². The van der Waals surface area contributed by atoms with Crippen molar-refractivity contribution in [3.05, 3.63) is 102 Å². The van der Waals surface area contributed by atoms with Gasteiger partial charge in [-0.2, -0.15) is 0 Å². The minimum Gasteiger partial charge on any atom is -0.496 e. The molecule has 0 bridgehead atoms. The van der Waals surface area contributed by atoms with Gasteiger partial charge in [-0.25, -0.2) is 4.79 Å². The van der Waals surface area contributed by atoms with Gasteiger partial charge in [0.1, 0.15) is 23.5 Å². The zero-order chi connectivity index (χ0) is 34.7. The minimum absolute atomic E-state index is 0.177. The number of hydrogen-bond donors (Lipinski definition) is 1. The summed E-state index contributed by atoms with van der Waals surface area (Å²) in [6.45, 7) is 11.3. The molecule has 0 fully saturated rings. The molecule has 0 saturated heterocycles. The predicted octanol–water partition coefficient (Wildman–Crippen LogP) is 9.02. The van der Waals surface area contributed by atoms with E-state index in [9.17, 15) is 14.4 Å². The van der Waals surface area contributed by atoms with Crippen LogP contribution in [0.5, 0.6) is 17.2 Å². The van der Waals surface area contributed by atoms with E-state index in [1.807, 2.05) is 68.4 Å². The van der Waals surface area contributed by atoms with Gasteiger partial charge in [0.25, 0.3) is 0 Å². The fourth-order valence-corrected chi connectivity index (χ4v) is 4.03. The first-order chi connectivity index (χ1) is 22.8. The molecule has 0 heterocycles. The number of esters is 1. The number of methoxy groups -OCH3 is 1. The van der Waals surface area contributed by atoms with Gasteiger partial charge in [-0.3, -0.25) is 9.59 Å². The van der Waals surface area contributed by atoms with Gasteiger partial charge in [0.05, 0.1) is 26.9 Å².